The Morgan fingerprint density at radius 2 is 0.510 bits per heavy atom. The topological polar surface area (TPSA) is 55.4 Å². The van der Waals surface area contributed by atoms with E-state index in [1.807, 2.05) is 78.9 Å². The van der Waals surface area contributed by atoms with Crippen molar-refractivity contribution in [3.05, 3.63) is 127 Å². The minimum Gasteiger partial charge on any atom is -0.458 e. The van der Waals surface area contributed by atoms with Gasteiger partial charge in [0, 0.05) is 28.5 Å². The van der Waals surface area contributed by atoms with Crippen molar-refractivity contribution < 1.29 is 28.4 Å². The molecule has 234 valence electrons. The van der Waals surface area contributed by atoms with Crippen LogP contribution in [0.25, 0.3) is 0 Å². The molecular formula is C42H21B3O6. The van der Waals surface area contributed by atoms with Crippen molar-refractivity contribution in [2.75, 3.05) is 0 Å². The van der Waals surface area contributed by atoms with Gasteiger partial charge in [0.15, 0.2) is 0 Å². The molecule has 7 aromatic carbocycles. The second-order valence-corrected chi connectivity index (χ2v) is 13.8. The molecule has 0 saturated heterocycles. The van der Waals surface area contributed by atoms with Crippen molar-refractivity contribution in [3.63, 3.8) is 0 Å². The number of fused-ring (bicyclic) bond motifs is 12. The molecule has 0 aliphatic carbocycles. The number of para-hydroxylation sites is 2. The van der Waals surface area contributed by atoms with Gasteiger partial charge in [-0.15, -0.1) is 0 Å². The summed E-state index contributed by atoms with van der Waals surface area (Å²) in [5.74, 6) is 9.65. The van der Waals surface area contributed by atoms with E-state index in [0.29, 0.717) is 0 Å². The first-order valence-corrected chi connectivity index (χ1v) is 17.2. The van der Waals surface area contributed by atoms with Crippen LogP contribution in [0, 0.1) is 0 Å². The quantitative estimate of drug-likeness (QED) is 0.232. The average Bonchev–Trinajstić information content (AvgIpc) is 3.16. The molecule has 6 aliphatic rings. The van der Waals surface area contributed by atoms with Gasteiger partial charge in [-0.1, -0.05) is 66.7 Å². The summed E-state index contributed by atoms with van der Waals surface area (Å²) in [7, 11) is 0. The monoisotopic (exact) mass is 654 g/mol. The minimum atomic E-state index is -0.155. The van der Waals surface area contributed by atoms with Crippen molar-refractivity contribution in [2.24, 2.45) is 0 Å². The molecule has 6 nitrogen and oxygen atoms in total. The molecule has 0 saturated carbocycles. The second kappa shape index (κ2) is 9.20. The second-order valence-electron chi connectivity index (χ2n) is 13.8. The standard InChI is InChI=1S/C42H21B3O6/c1-3-10-28-22(8-1)43-24-18-26-38(20-36(24)48-32-14-5-12-30(46-28)40(32)43)50-34-16-7-17-35-42(34)45(26)27-19-25-37(21-39(27)51-35)49-33-15-6-13-31-41(33)44(25)23-9-2-4-11-29(23)47-31/h1-21H. The van der Waals surface area contributed by atoms with Crippen molar-refractivity contribution in [3.8, 4) is 69.0 Å². The lowest BCUT2D eigenvalue weighted by Gasteiger charge is -2.37. The molecule has 6 heterocycles. The maximum Gasteiger partial charge on any atom is 0.260 e. The van der Waals surface area contributed by atoms with Crippen LogP contribution in [0.15, 0.2) is 127 Å². The Kier molecular flexibility index (Phi) is 4.76. The maximum atomic E-state index is 6.72. The predicted octanol–water partition coefficient (Wildman–Crippen LogP) is 3.87. The number of rotatable bonds is 0. The molecule has 0 amide bonds. The molecule has 6 aliphatic heterocycles. The predicted molar refractivity (Wildman–Crippen MR) is 200 cm³/mol. The molecule has 0 unspecified atom stereocenters. The fraction of sp³-hybridized carbons (Fsp3) is 0. The van der Waals surface area contributed by atoms with Crippen LogP contribution in [0.4, 0.5) is 0 Å². The van der Waals surface area contributed by atoms with Crippen LogP contribution in [0.5, 0.6) is 69.0 Å². The lowest BCUT2D eigenvalue weighted by atomic mass is 9.30. The molecule has 0 bridgehead atoms. The van der Waals surface area contributed by atoms with Crippen LogP contribution >= 0.6 is 0 Å². The molecule has 7 aromatic rings. The minimum absolute atomic E-state index is 0.0586. The summed E-state index contributed by atoms with van der Waals surface area (Å²) < 4.78 is 39.5. The highest BCUT2D eigenvalue weighted by molar-refractivity contribution is 7.02. The Hall–Kier alpha value is -6.47. The van der Waals surface area contributed by atoms with Crippen LogP contribution in [0.3, 0.4) is 0 Å². The summed E-state index contributed by atoms with van der Waals surface area (Å²) >= 11 is 0. The van der Waals surface area contributed by atoms with E-state index in [2.05, 4.69) is 48.5 Å². The third-order valence-electron chi connectivity index (χ3n) is 11.3. The summed E-state index contributed by atoms with van der Waals surface area (Å²) in [6.07, 6.45) is 0. The Morgan fingerprint density at radius 3 is 0.863 bits per heavy atom. The third kappa shape index (κ3) is 3.36. The normalized spacial score (nSPS) is 14.7. The lowest BCUT2D eigenvalue weighted by molar-refractivity contribution is 0.448. The maximum absolute atomic E-state index is 6.72. The first-order chi connectivity index (χ1) is 25.2. The van der Waals surface area contributed by atoms with E-state index in [1.54, 1.807) is 0 Å². The molecule has 0 spiro atoms. The Bertz CT molecular complexity index is 2580. The molecule has 9 heteroatoms. The van der Waals surface area contributed by atoms with Crippen LogP contribution in [-0.4, -0.2) is 20.1 Å². The van der Waals surface area contributed by atoms with Gasteiger partial charge in [0.1, 0.15) is 69.0 Å². The molecule has 13 rings (SSSR count). The number of hydrogen-bond acceptors (Lipinski definition) is 6. The van der Waals surface area contributed by atoms with E-state index in [-0.39, 0.29) is 20.1 Å². The van der Waals surface area contributed by atoms with Gasteiger partial charge in [-0.3, -0.25) is 0 Å². The molecular weight excluding hydrogens is 633 g/mol. The van der Waals surface area contributed by atoms with Gasteiger partial charge in [0.05, 0.1) is 0 Å². The van der Waals surface area contributed by atoms with Gasteiger partial charge in [-0.2, -0.15) is 0 Å². The third-order valence-corrected chi connectivity index (χ3v) is 11.3. The Balaban J connectivity index is 1.05. The van der Waals surface area contributed by atoms with Crippen LogP contribution < -0.4 is 77.6 Å². The van der Waals surface area contributed by atoms with Gasteiger partial charge < -0.3 is 28.4 Å². The molecule has 0 N–H and O–H groups in total. The summed E-state index contributed by atoms with van der Waals surface area (Å²) in [4.78, 5) is 0. The molecule has 51 heavy (non-hydrogen) atoms. The van der Waals surface area contributed by atoms with E-state index in [4.69, 9.17) is 28.4 Å². The smallest absolute Gasteiger partial charge is 0.260 e. The van der Waals surface area contributed by atoms with Crippen molar-refractivity contribution in [2.45, 2.75) is 0 Å². The SMILES string of the molecule is c1ccc2c(c1)Oc1cccc3c1B2c1cc2c(cc1O3)Oc1cccc3c1B2c1cc2c(cc1O3)Oc1cccc3c1B2c1ccccc1O3. The van der Waals surface area contributed by atoms with Gasteiger partial charge in [-0.05, 0) is 81.3 Å². The van der Waals surface area contributed by atoms with Gasteiger partial charge in [0.2, 0.25) is 0 Å². The highest BCUT2D eigenvalue weighted by atomic mass is 16.5. The summed E-state index contributed by atoms with van der Waals surface area (Å²) in [6.45, 7) is -0.272. The van der Waals surface area contributed by atoms with Crippen LogP contribution in [-0.2, 0) is 0 Å². The lowest BCUT2D eigenvalue weighted by Crippen LogP contribution is -2.63. The Labute approximate surface area is 293 Å². The van der Waals surface area contributed by atoms with E-state index >= 15 is 0 Å². The molecule has 0 radical (unpaired) electrons. The highest BCUT2D eigenvalue weighted by Gasteiger charge is 2.47. The van der Waals surface area contributed by atoms with Crippen molar-refractivity contribution >= 4 is 69.3 Å². The molecule has 0 aromatic heterocycles. The number of ether oxygens (including phenoxy) is 6. The largest absolute Gasteiger partial charge is 0.458 e. The first kappa shape index (κ1) is 26.4. The first-order valence-electron chi connectivity index (χ1n) is 17.2. The van der Waals surface area contributed by atoms with E-state index in [0.717, 1.165) is 118 Å². The molecule has 0 atom stereocenters. The Morgan fingerprint density at radius 1 is 0.235 bits per heavy atom. The molecule has 0 fully saturated rings. The zero-order chi connectivity index (χ0) is 32.9. The van der Waals surface area contributed by atoms with Crippen molar-refractivity contribution in [1.29, 1.82) is 0 Å². The zero-order valence-corrected chi connectivity index (χ0v) is 26.8. The van der Waals surface area contributed by atoms with Crippen LogP contribution in [0.2, 0.25) is 0 Å². The van der Waals surface area contributed by atoms with Gasteiger partial charge in [-0.25, -0.2) is 0 Å². The highest BCUT2D eigenvalue weighted by Crippen LogP contribution is 2.41. The number of benzene rings is 7. The zero-order valence-electron chi connectivity index (χ0n) is 26.8. The van der Waals surface area contributed by atoms with E-state index in [1.165, 1.54) is 0 Å². The van der Waals surface area contributed by atoms with Gasteiger partial charge in [0.25, 0.3) is 20.1 Å². The van der Waals surface area contributed by atoms with Crippen molar-refractivity contribution in [1.82, 2.24) is 0 Å². The fourth-order valence-corrected chi connectivity index (χ4v) is 9.18. The number of hydrogen-bond donors (Lipinski definition) is 0. The average molecular weight is 654 g/mol. The van der Waals surface area contributed by atoms with E-state index in [9.17, 15) is 0 Å². The summed E-state index contributed by atoms with van der Waals surface area (Å²) in [5, 5.41) is 0. The fourth-order valence-electron chi connectivity index (χ4n) is 9.18. The van der Waals surface area contributed by atoms with Crippen LogP contribution in [0.1, 0.15) is 0 Å². The summed E-state index contributed by atoms with van der Waals surface area (Å²) in [5.41, 5.74) is 9.65. The summed E-state index contributed by atoms with van der Waals surface area (Å²) in [6, 6.07) is 43.4. The van der Waals surface area contributed by atoms with E-state index < -0.39 is 0 Å². The van der Waals surface area contributed by atoms with Gasteiger partial charge >= 0.3 is 0 Å².